The molecule has 1 aromatic carbocycles. The molecule has 20 heavy (non-hydrogen) atoms. The first kappa shape index (κ1) is 12.9. The van der Waals surface area contributed by atoms with E-state index in [2.05, 4.69) is 10.2 Å². The number of hydrogen-bond acceptors (Lipinski definition) is 5. The van der Waals surface area contributed by atoms with Crippen LogP contribution in [0.15, 0.2) is 18.2 Å². The van der Waals surface area contributed by atoms with Gasteiger partial charge >= 0.3 is 5.69 Å². The molecule has 2 bridgehead atoms. The van der Waals surface area contributed by atoms with Crippen molar-refractivity contribution in [1.82, 2.24) is 4.90 Å². The zero-order valence-corrected chi connectivity index (χ0v) is 11.1. The van der Waals surface area contributed by atoms with Gasteiger partial charge < -0.3 is 10.2 Å². The average Bonchev–Trinajstić information content (AvgIpc) is 2.48. The topological polar surface area (TPSA) is 82.2 Å². The molecule has 0 aliphatic carbocycles. The second-order valence-corrected chi connectivity index (χ2v) is 5.46. The predicted molar refractivity (Wildman–Crippen MR) is 74.4 cm³/mol. The monoisotopic (exact) mass is 272 g/mol. The minimum atomic E-state index is -0.470. The molecule has 3 saturated heterocycles. The number of para-hydroxylation sites is 1. The van der Waals surface area contributed by atoms with Crippen molar-refractivity contribution in [3.8, 4) is 6.07 Å². The molecule has 0 radical (unpaired) electrons. The Bertz CT molecular complexity index is 573. The van der Waals surface area contributed by atoms with Gasteiger partial charge in [-0.25, -0.2) is 0 Å². The lowest BCUT2D eigenvalue weighted by Gasteiger charge is -2.45. The lowest BCUT2D eigenvalue weighted by atomic mass is 9.84. The highest BCUT2D eigenvalue weighted by molar-refractivity contribution is 5.68. The van der Waals surface area contributed by atoms with E-state index in [1.807, 2.05) is 6.07 Å². The maximum Gasteiger partial charge on any atom is 0.309 e. The van der Waals surface area contributed by atoms with Crippen LogP contribution in [0.1, 0.15) is 18.4 Å². The van der Waals surface area contributed by atoms with E-state index in [1.54, 1.807) is 12.1 Å². The summed E-state index contributed by atoms with van der Waals surface area (Å²) in [5.74, 6) is 0.574. The van der Waals surface area contributed by atoms with E-state index in [9.17, 15) is 10.1 Å². The summed E-state index contributed by atoms with van der Waals surface area (Å²) in [6.45, 7) is 3.19. The van der Waals surface area contributed by atoms with Crippen molar-refractivity contribution in [2.24, 2.45) is 5.92 Å². The number of anilines is 1. The van der Waals surface area contributed by atoms with Crippen LogP contribution in [-0.2, 0) is 0 Å². The number of benzene rings is 1. The molecule has 3 aliphatic heterocycles. The fourth-order valence-corrected chi connectivity index (χ4v) is 3.28. The van der Waals surface area contributed by atoms with E-state index in [1.165, 1.54) is 6.07 Å². The Labute approximate surface area is 117 Å². The third-order valence-corrected chi connectivity index (χ3v) is 4.34. The smallest absolute Gasteiger partial charge is 0.309 e. The average molecular weight is 272 g/mol. The predicted octanol–water partition coefficient (Wildman–Crippen LogP) is 1.97. The fraction of sp³-hybridized carbons (Fsp3) is 0.500. The first-order chi connectivity index (χ1) is 9.69. The zero-order valence-electron chi connectivity index (χ0n) is 11.1. The molecule has 0 saturated carbocycles. The van der Waals surface area contributed by atoms with Gasteiger partial charge in [-0.05, 0) is 44.0 Å². The largest absolute Gasteiger partial charge is 0.375 e. The van der Waals surface area contributed by atoms with Gasteiger partial charge in [0.2, 0.25) is 0 Å². The number of fused-ring (bicyclic) bond motifs is 3. The van der Waals surface area contributed by atoms with Gasteiger partial charge in [-0.3, -0.25) is 10.1 Å². The molecule has 1 N–H and O–H groups in total. The van der Waals surface area contributed by atoms with Crippen LogP contribution >= 0.6 is 0 Å². The van der Waals surface area contributed by atoms with Crippen LogP contribution < -0.4 is 5.32 Å². The van der Waals surface area contributed by atoms with Crippen LogP contribution in [0.4, 0.5) is 11.4 Å². The molecule has 3 heterocycles. The highest BCUT2D eigenvalue weighted by Crippen LogP contribution is 2.33. The van der Waals surface area contributed by atoms with Gasteiger partial charge in [-0.15, -0.1) is 0 Å². The normalized spacial score (nSPS) is 27.9. The summed E-state index contributed by atoms with van der Waals surface area (Å²) in [6.07, 6.45) is 2.28. The number of nitriles is 1. The summed E-state index contributed by atoms with van der Waals surface area (Å²) in [4.78, 5) is 13.1. The van der Waals surface area contributed by atoms with Gasteiger partial charge in [0.25, 0.3) is 0 Å². The standard InChI is InChI=1S/C14H16N4O2/c15-8-11-2-1-3-12(14(11)18(19)20)16-13-9-17-6-4-10(13)5-7-17/h1-3,10,13,16H,4-7,9H2. The van der Waals surface area contributed by atoms with Gasteiger partial charge in [-0.1, -0.05) is 6.07 Å². The molecular weight excluding hydrogens is 256 g/mol. The third-order valence-electron chi connectivity index (χ3n) is 4.34. The van der Waals surface area contributed by atoms with Crippen molar-refractivity contribution in [3.05, 3.63) is 33.9 Å². The van der Waals surface area contributed by atoms with Crippen molar-refractivity contribution < 1.29 is 4.92 Å². The lowest BCUT2D eigenvalue weighted by Crippen LogP contribution is -2.53. The number of piperidine rings is 3. The molecule has 1 aromatic rings. The maximum absolute atomic E-state index is 11.2. The molecule has 3 fully saturated rings. The van der Waals surface area contributed by atoms with Gasteiger partial charge in [0.05, 0.1) is 4.92 Å². The number of nitro benzene ring substituents is 1. The Kier molecular flexibility index (Phi) is 3.28. The summed E-state index contributed by atoms with van der Waals surface area (Å²) in [5, 5.41) is 23.5. The summed E-state index contributed by atoms with van der Waals surface area (Å²) in [7, 11) is 0. The molecule has 0 amide bonds. The van der Waals surface area contributed by atoms with Crippen molar-refractivity contribution in [2.75, 3.05) is 25.0 Å². The first-order valence-electron chi connectivity index (χ1n) is 6.85. The molecule has 0 aromatic heterocycles. The molecule has 1 atom stereocenters. The van der Waals surface area contributed by atoms with Crippen LogP contribution in [0.5, 0.6) is 0 Å². The van der Waals surface area contributed by atoms with Crippen LogP contribution in [0, 0.1) is 27.4 Å². The molecule has 6 nitrogen and oxygen atoms in total. The van der Waals surface area contributed by atoms with Crippen LogP contribution in [-0.4, -0.2) is 35.5 Å². The Hall–Kier alpha value is -2.13. The first-order valence-corrected chi connectivity index (χ1v) is 6.85. The highest BCUT2D eigenvalue weighted by Gasteiger charge is 2.35. The Morgan fingerprint density at radius 1 is 1.40 bits per heavy atom. The van der Waals surface area contributed by atoms with E-state index < -0.39 is 4.92 Å². The summed E-state index contributed by atoms with van der Waals surface area (Å²) < 4.78 is 0. The van der Waals surface area contributed by atoms with E-state index in [0.717, 1.165) is 32.5 Å². The number of hydrogen-bond donors (Lipinski definition) is 1. The second-order valence-electron chi connectivity index (χ2n) is 5.46. The molecule has 1 unspecified atom stereocenters. The highest BCUT2D eigenvalue weighted by atomic mass is 16.6. The van der Waals surface area contributed by atoms with E-state index in [4.69, 9.17) is 5.26 Å². The summed E-state index contributed by atoms with van der Waals surface area (Å²) in [6, 6.07) is 7.00. The van der Waals surface area contributed by atoms with Crippen molar-refractivity contribution in [3.63, 3.8) is 0 Å². The van der Waals surface area contributed by atoms with Crippen molar-refractivity contribution >= 4 is 11.4 Å². The second kappa shape index (κ2) is 5.10. The van der Waals surface area contributed by atoms with E-state index >= 15 is 0 Å². The fourth-order valence-electron chi connectivity index (χ4n) is 3.28. The minimum Gasteiger partial charge on any atom is -0.375 e. The summed E-state index contributed by atoms with van der Waals surface area (Å²) >= 11 is 0. The van der Waals surface area contributed by atoms with Crippen LogP contribution in [0.3, 0.4) is 0 Å². The number of rotatable bonds is 3. The molecule has 6 heteroatoms. The molecular formula is C14H16N4O2. The van der Waals surface area contributed by atoms with Crippen molar-refractivity contribution in [2.45, 2.75) is 18.9 Å². The van der Waals surface area contributed by atoms with Gasteiger partial charge in [0.15, 0.2) is 0 Å². The molecule has 3 aliphatic rings. The van der Waals surface area contributed by atoms with Crippen molar-refractivity contribution in [1.29, 1.82) is 5.26 Å². The van der Waals surface area contributed by atoms with Gasteiger partial charge in [-0.2, -0.15) is 5.26 Å². The van der Waals surface area contributed by atoms with Crippen LogP contribution in [0.2, 0.25) is 0 Å². The quantitative estimate of drug-likeness (QED) is 0.672. The zero-order chi connectivity index (χ0) is 14.1. The third kappa shape index (κ3) is 2.21. The van der Waals surface area contributed by atoms with Gasteiger partial charge in [0, 0.05) is 12.6 Å². The van der Waals surface area contributed by atoms with Crippen LogP contribution in [0.25, 0.3) is 0 Å². The molecule has 4 rings (SSSR count). The number of nitrogens with zero attached hydrogens (tertiary/aromatic N) is 3. The molecule has 0 spiro atoms. The van der Waals surface area contributed by atoms with E-state index in [0.29, 0.717) is 11.6 Å². The Morgan fingerprint density at radius 3 is 2.70 bits per heavy atom. The van der Waals surface area contributed by atoms with E-state index in [-0.39, 0.29) is 17.3 Å². The Morgan fingerprint density at radius 2 is 2.15 bits per heavy atom. The molecule has 104 valence electrons. The maximum atomic E-state index is 11.2. The van der Waals surface area contributed by atoms with Gasteiger partial charge in [0.1, 0.15) is 17.3 Å². The number of nitrogens with one attached hydrogen (secondary N) is 1. The minimum absolute atomic E-state index is 0.105. The SMILES string of the molecule is N#Cc1cccc(NC2CN3CCC2CC3)c1[N+](=O)[O-]. The number of nitro groups is 1. The summed E-state index contributed by atoms with van der Waals surface area (Å²) in [5.41, 5.74) is 0.473. The Balaban J connectivity index is 1.88. The lowest BCUT2D eigenvalue weighted by molar-refractivity contribution is -0.384.